The van der Waals surface area contributed by atoms with Gasteiger partial charge in [-0.2, -0.15) is 0 Å². The first-order valence-electron chi connectivity index (χ1n) is 5.50. The lowest BCUT2D eigenvalue weighted by atomic mass is 10.1. The Balaban J connectivity index is 2.28. The van der Waals surface area contributed by atoms with E-state index < -0.39 is 17.5 Å². The quantitative estimate of drug-likeness (QED) is 0.876. The van der Waals surface area contributed by atoms with Crippen molar-refractivity contribution in [3.63, 3.8) is 0 Å². The van der Waals surface area contributed by atoms with Crippen LogP contribution in [0.2, 0.25) is 0 Å². The minimum atomic E-state index is -1.07. The van der Waals surface area contributed by atoms with Crippen molar-refractivity contribution in [2.24, 2.45) is 0 Å². The van der Waals surface area contributed by atoms with E-state index in [1.807, 2.05) is 6.92 Å². The average Bonchev–Trinajstić information content (AvgIpc) is 2.34. The number of amides is 1. The van der Waals surface area contributed by atoms with Crippen LogP contribution < -0.4 is 5.32 Å². The Hall–Kier alpha value is -1.75. The third kappa shape index (κ3) is 2.98. The molecule has 0 fully saturated rings. The van der Waals surface area contributed by atoms with Crippen molar-refractivity contribution in [3.8, 4) is 0 Å². The summed E-state index contributed by atoms with van der Waals surface area (Å²) < 4.78 is 27.1. The van der Waals surface area contributed by atoms with Gasteiger partial charge >= 0.3 is 0 Å². The van der Waals surface area contributed by atoms with E-state index in [2.05, 4.69) is 21.2 Å². The zero-order valence-corrected chi connectivity index (χ0v) is 11.6. The fourth-order valence-electron chi connectivity index (χ4n) is 1.59. The minimum Gasteiger partial charge on any atom is -0.319 e. The van der Waals surface area contributed by atoms with E-state index in [0.717, 1.165) is 11.6 Å². The SMILES string of the molecule is Cc1ccc(C(=O)Nc2cccc(F)c2F)c(Br)c1. The van der Waals surface area contributed by atoms with Gasteiger partial charge in [-0.3, -0.25) is 4.79 Å². The standard InChI is InChI=1S/C14H10BrF2NO/c1-8-5-6-9(10(15)7-8)14(19)18-12-4-2-3-11(16)13(12)17/h2-7H,1H3,(H,18,19). The van der Waals surface area contributed by atoms with Gasteiger partial charge in [-0.05, 0) is 52.7 Å². The summed E-state index contributed by atoms with van der Waals surface area (Å²) in [5, 5.41) is 2.34. The van der Waals surface area contributed by atoms with Crippen LogP contribution in [0.25, 0.3) is 0 Å². The molecule has 5 heteroatoms. The average molecular weight is 326 g/mol. The highest BCUT2D eigenvalue weighted by molar-refractivity contribution is 9.10. The first kappa shape index (κ1) is 13.7. The predicted octanol–water partition coefficient (Wildman–Crippen LogP) is 4.29. The number of halogens is 3. The van der Waals surface area contributed by atoms with E-state index in [4.69, 9.17) is 0 Å². The van der Waals surface area contributed by atoms with Crippen molar-refractivity contribution >= 4 is 27.5 Å². The van der Waals surface area contributed by atoms with Gasteiger partial charge in [-0.1, -0.05) is 12.1 Å². The Morgan fingerprint density at radius 3 is 2.63 bits per heavy atom. The molecule has 0 radical (unpaired) electrons. The third-order valence-electron chi connectivity index (χ3n) is 2.57. The maximum atomic E-state index is 13.4. The number of nitrogens with one attached hydrogen (secondary N) is 1. The van der Waals surface area contributed by atoms with Crippen LogP contribution in [0, 0.1) is 18.6 Å². The normalized spacial score (nSPS) is 10.3. The van der Waals surface area contributed by atoms with E-state index in [9.17, 15) is 13.6 Å². The van der Waals surface area contributed by atoms with Crippen LogP contribution in [0.3, 0.4) is 0 Å². The van der Waals surface area contributed by atoms with Gasteiger partial charge in [0.2, 0.25) is 0 Å². The summed E-state index contributed by atoms with van der Waals surface area (Å²) in [6, 6.07) is 8.79. The monoisotopic (exact) mass is 325 g/mol. The van der Waals surface area contributed by atoms with Crippen LogP contribution in [0.5, 0.6) is 0 Å². The van der Waals surface area contributed by atoms with Crippen molar-refractivity contribution in [1.29, 1.82) is 0 Å². The molecule has 2 aromatic carbocycles. The van der Waals surface area contributed by atoms with E-state index in [1.165, 1.54) is 12.1 Å². The number of anilines is 1. The van der Waals surface area contributed by atoms with Crippen molar-refractivity contribution in [3.05, 3.63) is 63.6 Å². The topological polar surface area (TPSA) is 29.1 Å². The highest BCUT2D eigenvalue weighted by atomic mass is 79.9. The van der Waals surface area contributed by atoms with Gasteiger partial charge in [0.15, 0.2) is 11.6 Å². The molecule has 0 saturated carbocycles. The molecule has 2 rings (SSSR count). The van der Waals surface area contributed by atoms with Crippen molar-refractivity contribution in [2.75, 3.05) is 5.32 Å². The summed E-state index contributed by atoms with van der Waals surface area (Å²) in [6.45, 7) is 1.89. The van der Waals surface area contributed by atoms with E-state index in [1.54, 1.807) is 18.2 Å². The summed E-state index contributed by atoms with van der Waals surface area (Å²) in [6.07, 6.45) is 0. The van der Waals surface area contributed by atoms with Gasteiger partial charge in [0.1, 0.15) is 0 Å². The molecule has 0 spiro atoms. The number of rotatable bonds is 2. The lowest BCUT2D eigenvalue weighted by molar-refractivity contribution is 0.102. The Kier molecular flexibility index (Phi) is 3.95. The number of hydrogen-bond acceptors (Lipinski definition) is 1. The zero-order chi connectivity index (χ0) is 14.0. The highest BCUT2D eigenvalue weighted by Gasteiger charge is 2.14. The van der Waals surface area contributed by atoms with E-state index in [-0.39, 0.29) is 5.69 Å². The van der Waals surface area contributed by atoms with Crippen LogP contribution in [0.4, 0.5) is 14.5 Å². The number of carbonyl (C=O) groups excluding carboxylic acids is 1. The van der Waals surface area contributed by atoms with Crippen molar-refractivity contribution in [2.45, 2.75) is 6.92 Å². The van der Waals surface area contributed by atoms with Crippen molar-refractivity contribution in [1.82, 2.24) is 0 Å². The number of carbonyl (C=O) groups is 1. The van der Waals surface area contributed by atoms with Crippen LogP contribution in [-0.2, 0) is 0 Å². The Labute approximate surface area is 117 Å². The predicted molar refractivity (Wildman–Crippen MR) is 73.2 cm³/mol. The van der Waals surface area contributed by atoms with Gasteiger partial charge in [0.25, 0.3) is 5.91 Å². The second-order valence-corrected chi connectivity index (χ2v) is 4.89. The smallest absolute Gasteiger partial charge is 0.256 e. The lowest BCUT2D eigenvalue weighted by Crippen LogP contribution is -2.14. The van der Waals surface area contributed by atoms with E-state index in [0.29, 0.717) is 10.0 Å². The summed E-state index contributed by atoms with van der Waals surface area (Å²) in [4.78, 5) is 12.0. The molecular weight excluding hydrogens is 316 g/mol. The largest absolute Gasteiger partial charge is 0.319 e. The number of hydrogen-bond donors (Lipinski definition) is 1. The van der Waals surface area contributed by atoms with Crippen LogP contribution in [0.1, 0.15) is 15.9 Å². The first-order valence-corrected chi connectivity index (χ1v) is 6.30. The van der Waals surface area contributed by atoms with Crippen LogP contribution >= 0.6 is 15.9 Å². The van der Waals surface area contributed by atoms with Gasteiger partial charge in [0.05, 0.1) is 11.3 Å². The number of benzene rings is 2. The minimum absolute atomic E-state index is 0.183. The molecule has 0 aliphatic heterocycles. The summed E-state index contributed by atoms with van der Waals surface area (Å²) >= 11 is 3.27. The molecule has 0 saturated heterocycles. The molecule has 19 heavy (non-hydrogen) atoms. The maximum absolute atomic E-state index is 13.4. The molecule has 2 nitrogen and oxygen atoms in total. The lowest BCUT2D eigenvalue weighted by Gasteiger charge is -2.08. The molecule has 0 bridgehead atoms. The van der Waals surface area contributed by atoms with Gasteiger partial charge in [0, 0.05) is 4.47 Å². The Morgan fingerprint density at radius 1 is 1.21 bits per heavy atom. The summed E-state index contributed by atoms with van der Waals surface area (Å²) in [5.41, 5.74) is 1.16. The highest BCUT2D eigenvalue weighted by Crippen LogP contribution is 2.21. The molecule has 0 aromatic heterocycles. The van der Waals surface area contributed by atoms with Gasteiger partial charge in [-0.25, -0.2) is 8.78 Å². The molecule has 0 atom stereocenters. The van der Waals surface area contributed by atoms with Crippen LogP contribution in [-0.4, -0.2) is 5.91 Å². The number of aryl methyl sites for hydroxylation is 1. The molecule has 2 aromatic rings. The maximum Gasteiger partial charge on any atom is 0.256 e. The zero-order valence-electron chi connectivity index (χ0n) is 10.0. The molecular formula is C14H10BrF2NO. The molecule has 0 heterocycles. The Bertz CT molecular complexity index is 643. The molecule has 1 amide bonds. The fraction of sp³-hybridized carbons (Fsp3) is 0.0714. The Morgan fingerprint density at radius 2 is 1.95 bits per heavy atom. The first-order chi connectivity index (χ1) is 8.99. The molecule has 0 unspecified atom stereocenters. The van der Waals surface area contributed by atoms with Crippen molar-refractivity contribution < 1.29 is 13.6 Å². The third-order valence-corrected chi connectivity index (χ3v) is 3.23. The molecule has 0 aliphatic rings. The molecule has 0 aliphatic carbocycles. The fourth-order valence-corrected chi connectivity index (χ4v) is 2.27. The van der Waals surface area contributed by atoms with Gasteiger partial charge < -0.3 is 5.32 Å². The summed E-state index contributed by atoms with van der Waals surface area (Å²) in [5.74, 6) is -2.57. The second-order valence-electron chi connectivity index (χ2n) is 4.04. The van der Waals surface area contributed by atoms with E-state index >= 15 is 0 Å². The molecule has 1 N–H and O–H groups in total. The molecule has 98 valence electrons. The summed E-state index contributed by atoms with van der Waals surface area (Å²) in [7, 11) is 0. The van der Waals surface area contributed by atoms with Crippen LogP contribution in [0.15, 0.2) is 40.9 Å². The van der Waals surface area contributed by atoms with Gasteiger partial charge in [-0.15, -0.1) is 0 Å². The second kappa shape index (κ2) is 5.48.